The Kier molecular flexibility index (Phi) is 2.31. The Labute approximate surface area is 83.3 Å². The highest BCUT2D eigenvalue weighted by molar-refractivity contribution is 5.28. The van der Waals surface area contributed by atoms with Crippen LogP contribution in [0.1, 0.15) is 20.3 Å². The maximum absolute atomic E-state index is 5.38. The molecular formula is C9H16N4O. The second-order valence-electron chi connectivity index (χ2n) is 4.11. The van der Waals surface area contributed by atoms with Gasteiger partial charge in [-0.2, -0.15) is 0 Å². The van der Waals surface area contributed by atoms with E-state index in [1.54, 1.807) is 0 Å². The van der Waals surface area contributed by atoms with Crippen LogP contribution in [-0.2, 0) is 0 Å². The fourth-order valence-electron chi connectivity index (χ4n) is 1.79. The van der Waals surface area contributed by atoms with Gasteiger partial charge in [0.15, 0.2) is 0 Å². The molecule has 0 aliphatic carbocycles. The number of rotatable bonds is 1. The Morgan fingerprint density at radius 2 is 2.14 bits per heavy atom. The van der Waals surface area contributed by atoms with Gasteiger partial charge in [0.25, 0.3) is 0 Å². The summed E-state index contributed by atoms with van der Waals surface area (Å²) in [5.41, 5.74) is 5.38. The molecule has 2 heterocycles. The number of hydrogen-bond donors (Lipinski definition) is 1. The summed E-state index contributed by atoms with van der Waals surface area (Å²) in [6.07, 6.45) is 1.17. The highest BCUT2D eigenvalue weighted by atomic mass is 16.4. The van der Waals surface area contributed by atoms with Gasteiger partial charge in [-0.3, -0.25) is 0 Å². The van der Waals surface area contributed by atoms with Crippen molar-refractivity contribution in [3.63, 3.8) is 0 Å². The summed E-state index contributed by atoms with van der Waals surface area (Å²) in [4.78, 5) is 2.11. The molecule has 0 radical (unpaired) electrons. The number of aromatic nitrogens is 2. The van der Waals surface area contributed by atoms with Crippen molar-refractivity contribution in [3.8, 4) is 0 Å². The quantitative estimate of drug-likeness (QED) is 0.729. The van der Waals surface area contributed by atoms with Crippen molar-refractivity contribution in [2.24, 2.45) is 11.8 Å². The molecular weight excluding hydrogens is 180 g/mol. The molecule has 14 heavy (non-hydrogen) atoms. The third kappa shape index (κ3) is 1.66. The van der Waals surface area contributed by atoms with Crippen molar-refractivity contribution in [2.45, 2.75) is 20.3 Å². The number of nitrogen functional groups attached to an aromatic ring is 1. The van der Waals surface area contributed by atoms with E-state index in [0.717, 1.165) is 19.0 Å². The van der Waals surface area contributed by atoms with Crippen LogP contribution in [0.25, 0.3) is 0 Å². The van der Waals surface area contributed by atoms with Gasteiger partial charge < -0.3 is 15.1 Å². The summed E-state index contributed by atoms with van der Waals surface area (Å²) in [5, 5.41) is 7.54. The van der Waals surface area contributed by atoms with Crippen LogP contribution in [0.15, 0.2) is 4.42 Å². The molecule has 1 aliphatic rings. The molecule has 2 rings (SSSR count). The van der Waals surface area contributed by atoms with Gasteiger partial charge in [-0.15, -0.1) is 0 Å². The van der Waals surface area contributed by atoms with Crippen molar-refractivity contribution >= 4 is 12.0 Å². The van der Waals surface area contributed by atoms with Gasteiger partial charge in [-0.1, -0.05) is 24.0 Å². The first-order valence-corrected chi connectivity index (χ1v) is 5.00. The largest absolute Gasteiger partial charge is 0.390 e. The van der Waals surface area contributed by atoms with E-state index in [2.05, 4.69) is 28.9 Å². The maximum Gasteiger partial charge on any atom is 0.319 e. The SMILES string of the molecule is CC1CCN(c2nnc(N)o2)CC1C. The fraction of sp³-hybridized carbons (Fsp3) is 0.778. The van der Waals surface area contributed by atoms with Crippen LogP contribution in [0.2, 0.25) is 0 Å². The zero-order valence-electron chi connectivity index (χ0n) is 8.60. The lowest BCUT2D eigenvalue weighted by molar-refractivity contribution is 0.313. The Hall–Kier alpha value is -1.26. The molecule has 1 aliphatic heterocycles. The molecule has 5 nitrogen and oxygen atoms in total. The molecule has 0 bridgehead atoms. The van der Waals surface area contributed by atoms with Crippen molar-refractivity contribution in [1.82, 2.24) is 10.2 Å². The highest BCUT2D eigenvalue weighted by Gasteiger charge is 2.25. The van der Waals surface area contributed by atoms with Gasteiger partial charge in [0.2, 0.25) is 0 Å². The number of anilines is 2. The number of piperidine rings is 1. The van der Waals surface area contributed by atoms with Crippen LogP contribution in [0.4, 0.5) is 12.0 Å². The first kappa shape index (κ1) is 9.30. The monoisotopic (exact) mass is 196 g/mol. The molecule has 78 valence electrons. The number of hydrogen-bond acceptors (Lipinski definition) is 5. The van der Waals surface area contributed by atoms with Crippen molar-refractivity contribution in [3.05, 3.63) is 0 Å². The number of nitrogens with zero attached hydrogens (tertiary/aromatic N) is 3. The second kappa shape index (κ2) is 3.48. The third-order valence-electron chi connectivity index (χ3n) is 3.03. The molecule has 1 aromatic heterocycles. The lowest BCUT2D eigenvalue weighted by Crippen LogP contribution is -2.38. The van der Waals surface area contributed by atoms with Gasteiger partial charge in [0.1, 0.15) is 0 Å². The normalized spacial score (nSPS) is 28.0. The Morgan fingerprint density at radius 1 is 1.36 bits per heavy atom. The molecule has 2 atom stereocenters. The summed E-state index contributed by atoms with van der Waals surface area (Å²) in [5.74, 6) is 1.43. The minimum Gasteiger partial charge on any atom is -0.390 e. The summed E-state index contributed by atoms with van der Waals surface area (Å²) < 4.78 is 5.19. The summed E-state index contributed by atoms with van der Waals surface area (Å²) >= 11 is 0. The molecule has 0 saturated carbocycles. The minimum absolute atomic E-state index is 0.145. The molecule has 1 saturated heterocycles. The average Bonchev–Trinajstić information content (AvgIpc) is 2.57. The van der Waals surface area contributed by atoms with E-state index in [0.29, 0.717) is 11.9 Å². The first-order valence-electron chi connectivity index (χ1n) is 5.00. The van der Waals surface area contributed by atoms with Crippen molar-refractivity contribution in [1.29, 1.82) is 0 Å². The highest BCUT2D eigenvalue weighted by Crippen LogP contribution is 2.26. The van der Waals surface area contributed by atoms with Gasteiger partial charge >= 0.3 is 12.0 Å². The number of nitrogens with two attached hydrogens (primary N) is 1. The maximum atomic E-state index is 5.38. The molecule has 2 unspecified atom stereocenters. The third-order valence-corrected chi connectivity index (χ3v) is 3.03. The van der Waals surface area contributed by atoms with Crippen LogP contribution < -0.4 is 10.6 Å². The van der Waals surface area contributed by atoms with E-state index < -0.39 is 0 Å². The second-order valence-corrected chi connectivity index (χ2v) is 4.11. The topological polar surface area (TPSA) is 68.2 Å². The summed E-state index contributed by atoms with van der Waals surface area (Å²) in [6, 6.07) is 0.701. The van der Waals surface area contributed by atoms with Crippen molar-refractivity contribution in [2.75, 3.05) is 23.7 Å². The molecule has 0 spiro atoms. The van der Waals surface area contributed by atoms with E-state index in [4.69, 9.17) is 10.2 Å². The zero-order chi connectivity index (χ0) is 10.1. The Balaban J connectivity index is 2.06. The zero-order valence-corrected chi connectivity index (χ0v) is 8.60. The molecule has 2 N–H and O–H groups in total. The molecule has 5 heteroatoms. The van der Waals surface area contributed by atoms with E-state index in [-0.39, 0.29) is 6.01 Å². The summed E-state index contributed by atoms with van der Waals surface area (Å²) in [6.45, 7) is 6.48. The Bertz CT molecular complexity index is 312. The van der Waals surface area contributed by atoms with Gasteiger partial charge in [0, 0.05) is 13.1 Å². The van der Waals surface area contributed by atoms with Crippen LogP contribution in [0, 0.1) is 11.8 Å². The van der Waals surface area contributed by atoms with Gasteiger partial charge in [0.05, 0.1) is 0 Å². The van der Waals surface area contributed by atoms with E-state index in [1.807, 2.05) is 0 Å². The lowest BCUT2D eigenvalue weighted by Gasteiger charge is -2.33. The van der Waals surface area contributed by atoms with Gasteiger partial charge in [-0.25, -0.2) is 0 Å². The van der Waals surface area contributed by atoms with Gasteiger partial charge in [-0.05, 0) is 18.3 Å². The standard InChI is InChI=1S/C9H16N4O/c1-6-3-4-13(5-7(6)2)9-12-11-8(10)14-9/h6-7H,3-5H2,1-2H3,(H2,10,11). The Morgan fingerprint density at radius 3 is 2.71 bits per heavy atom. The molecule has 1 fully saturated rings. The molecule has 0 amide bonds. The molecule has 1 aromatic rings. The fourth-order valence-corrected chi connectivity index (χ4v) is 1.79. The smallest absolute Gasteiger partial charge is 0.319 e. The first-order chi connectivity index (χ1) is 6.66. The minimum atomic E-state index is 0.145. The van der Waals surface area contributed by atoms with Crippen LogP contribution >= 0.6 is 0 Å². The van der Waals surface area contributed by atoms with E-state index >= 15 is 0 Å². The van der Waals surface area contributed by atoms with Crippen LogP contribution in [0.5, 0.6) is 0 Å². The predicted octanol–water partition coefficient (Wildman–Crippen LogP) is 1.13. The average molecular weight is 196 g/mol. The lowest BCUT2D eigenvalue weighted by atomic mass is 9.89. The van der Waals surface area contributed by atoms with E-state index in [1.165, 1.54) is 6.42 Å². The summed E-state index contributed by atoms with van der Waals surface area (Å²) in [7, 11) is 0. The predicted molar refractivity (Wildman–Crippen MR) is 53.9 cm³/mol. The molecule has 0 aromatic carbocycles. The van der Waals surface area contributed by atoms with Crippen LogP contribution in [-0.4, -0.2) is 23.3 Å². The van der Waals surface area contributed by atoms with Crippen LogP contribution in [0.3, 0.4) is 0 Å². The van der Waals surface area contributed by atoms with Crippen molar-refractivity contribution < 1.29 is 4.42 Å². The van der Waals surface area contributed by atoms with E-state index in [9.17, 15) is 0 Å².